The number of carbonyl (C=O) groups excluding carboxylic acids is 1. The Morgan fingerprint density at radius 2 is 2.06 bits per heavy atom. The molecule has 3 nitrogen and oxygen atoms in total. The van der Waals surface area contributed by atoms with Gasteiger partial charge in [-0.15, -0.1) is 0 Å². The van der Waals surface area contributed by atoms with Gasteiger partial charge in [0.2, 0.25) is 0 Å². The molecule has 16 heavy (non-hydrogen) atoms. The zero-order chi connectivity index (χ0) is 11.4. The summed E-state index contributed by atoms with van der Waals surface area (Å²) in [6.07, 6.45) is 4.23. The van der Waals surface area contributed by atoms with Crippen LogP contribution in [0.4, 0.5) is 0 Å². The van der Waals surface area contributed by atoms with Gasteiger partial charge in [-0.05, 0) is 12.5 Å². The fourth-order valence-corrected chi connectivity index (χ4v) is 1.57. The number of ketones is 1. The summed E-state index contributed by atoms with van der Waals surface area (Å²) >= 11 is 0. The minimum Gasteiger partial charge on any atom is -0.294 e. The molecule has 0 aliphatic heterocycles. The Labute approximate surface area is 94.7 Å². The third-order valence-electron chi connectivity index (χ3n) is 2.43. The molecule has 1 aromatic carbocycles. The Morgan fingerprint density at radius 1 is 1.31 bits per heavy atom. The summed E-state index contributed by atoms with van der Waals surface area (Å²) in [6, 6.07) is 9.36. The van der Waals surface area contributed by atoms with Crippen LogP contribution in [-0.4, -0.2) is 15.6 Å². The van der Waals surface area contributed by atoms with Gasteiger partial charge in [0.15, 0.2) is 5.78 Å². The topological polar surface area (TPSA) is 34.9 Å². The Morgan fingerprint density at radius 3 is 2.69 bits per heavy atom. The molecule has 0 fully saturated rings. The van der Waals surface area contributed by atoms with Crippen LogP contribution >= 0.6 is 0 Å². The molecular weight excluding hydrogens is 200 g/mol. The van der Waals surface area contributed by atoms with Crippen molar-refractivity contribution in [3.8, 4) is 0 Å². The minimum absolute atomic E-state index is 0.161. The van der Waals surface area contributed by atoms with Gasteiger partial charge in [0.1, 0.15) is 0 Å². The molecule has 1 aromatic heterocycles. The van der Waals surface area contributed by atoms with Crippen LogP contribution in [0.15, 0.2) is 42.7 Å². The van der Waals surface area contributed by atoms with Crippen molar-refractivity contribution in [1.29, 1.82) is 0 Å². The molecule has 1 heterocycles. The van der Waals surface area contributed by atoms with Gasteiger partial charge in [0.05, 0.1) is 6.20 Å². The van der Waals surface area contributed by atoms with E-state index >= 15 is 0 Å². The maximum atomic E-state index is 11.8. The van der Waals surface area contributed by atoms with Crippen molar-refractivity contribution in [2.75, 3.05) is 0 Å². The molecule has 0 unspecified atom stereocenters. The fourth-order valence-electron chi connectivity index (χ4n) is 1.57. The summed E-state index contributed by atoms with van der Waals surface area (Å²) in [5.41, 5.74) is 1.89. The molecule has 0 saturated heterocycles. The van der Waals surface area contributed by atoms with E-state index in [1.54, 1.807) is 10.9 Å². The maximum absolute atomic E-state index is 11.8. The van der Waals surface area contributed by atoms with Gasteiger partial charge in [-0.1, -0.05) is 30.3 Å². The Bertz CT molecular complexity index is 474. The molecule has 2 rings (SSSR count). The standard InChI is InChI=1S/C13H14N2O/c1-11-9-14-15(10-11)8-7-13(16)12-5-3-2-4-6-12/h2-6,9-10H,7-8H2,1H3. The Hall–Kier alpha value is -1.90. The van der Waals surface area contributed by atoms with Crippen molar-refractivity contribution >= 4 is 5.78 Å². The van der Waals surface area contributed by atoms with E-state index in [1.165, 1.54) is 0 Å². The van der Waals surface area contributed by atoms with Gasteiger partial charge in [-0.2, -0.15) is 5.10 Å². The van der Waals surface area contributed by atoms with Gasteiger partial charge in [0.25, 0.3) is 0 Å². The average Bonchev–Trinajstić information content (AvgIpc) is 2.73. The molecule has 0 radical (unpaired) electrons. The zero-order valence-electron chi connectivity index (χ0n) is 9.26. The van der Waals surface area contributed by atoms with Crippen LogP contribution in [0.5, 0.6) is 0 Å². The van der Waals surface area contributed by atoms with Crippen LogP contribution in [0, 0.1) is 6.92 Å². The predicted molar refractivity (Wildman–Crippen MR) is 62.4 cm³/mol. The number of Topliss-reactive ketones (excluding diaryl/α,β-unsaturated/α-hetero) is 1. The van der Waals surface area contributed by atoms with E-state index in [0.717, 1.165) is 11.1 Å². The molecule has 0 amide bonds. The summed E-state index contributed by atoms with van der Waals surface area (Å²) < 4.78 is 1.80. The molecule has 0 bridgehead atoms. The number of carbonyl (C=O) groups is 1. The SMILES string of the molecule is Cc1cnn(CCC(=O)c2ccccc2)c1. The lowest BCUT2D eigenvalue weighted by molar-refractivity contribution is 0.0975. The molecule has 0 spiro atoms. The Balaban J connectivity index is 1.94. The van der Waals surface area contributed by atoms with E-state index in [1.807, 2.05) is 43.5 Å². The first-order valence-corrected chi connectivity index (χ1v) is 5.33. The highest BCUT2D eigenvalue weighted by atomic mass is 16.1. The van der Waals surface area contributed by atoms with Crippen molar-refractivity contribution in [2.24, 2.45) is 0 Å². The first-order valence-electron chi connectivity index (χ1n) is 5.33. The van der Waals surface area contributed by atoms with E-state index in [0.29, 0.717) is 13.0 Å². The largest absolute Gasteiger partial charge is 0.294 e. The first kappa shape index (κ1) is 10.6. The molecule has 3 heteroatoms. The number of nitrogens with zero attached hydrogens (tertiary/aromatic N) is 2. The Kier molecular flexibility index (Phi) is 3.15. The number of rotatable bonds is 4. The highest BCUT2D eigenvalue weighted by molar-refractivity contribution is 5.95. The third-order valence-corrected chi connectivity index (χ3v) is 2.43. The van der Waals surface area contributed by atoms with Crippen LogP contribution in [0.2, 0.25) is 0 Å². The predicted octanol–water partition coefficient (Wildman–Crippen LogP) is 2.46. The summed E-state index contributed by atoms with van der Waals surface area (Å²) in [5.74, 6) is 0.161. The lowest BCUT2D eigenvalue weighted by atomic mass is 10.1. The highest BCUT2D eigenvalue weighted by Crippen LogP contribution is 2.04. The normalized spacial score (nSPS) is 10.3. The van der Waals surface area contributed by atoms with Crippen molar-refractivity contribution < 1.29 is 4.79 Å². The quantitative estimate of drug-likeness (QED) is 0.733. The van der Waals surface area contributed by atoms with E-state index in [2.05, 4.69) is 5.10 Å². The lowest BCUT2D eigenvalue weighted by Gasteiger charge is -2.01. The number of aryl methyl sites for hydroxylation is 2. The third kappa shape index (κ3) is 2.57. The molecule has 0 aliphatic rings. The van der Waals surface area contributed by atoms with Crippen LogP contribution < -0.4 is 0 Å². The lowest BCUT2D eigenvalue weighted by Crippen LogP contribution is -2.06. The van der Waals surface area contributed by atoms with Crippen molar-refractivity contribution in [3.05, 3.63) is 53.9 Å². The maximum Gasteiger partial charge on any atom is 0.164 e. The number of hydrogen-bond donors (Lipinski definition) is 0. The summed E-state index contributed by atoms with van der Waals surface area (Å²) in [5, 5.41) is 4.15. The molecule has 0 atom stereocenters. The van der Waals surface area contributed by atoms with Gasteiger partial charge in [-0.25, -0.2) is 0 Å². The molecule has 0 aliphatic carbocycles. The number of benzene rings is 1. The monoisotopic (exact) mass is 214 g/mol. The molecule has 2 aromatic rings. The molecule has 0 N–H and O–H groups in total. The van der Waals surface area contributed by atoms with Crippen molar-refractivity contribution in [3.63, 3.8) is 0 Å². The second kappa shape index (κ2) is 4.75. The van der Waals surface area contributed by atoms with Crippen LogP contribution in [-0.2, 0) is 6.54 Å². The fraction of sp³-hybridized carbons (Fsp3) is 0.231. The second-order valence-electron chi connectivity index (χ2n) is 3.82. The second-order valence-corrected chi connectivity index (χ2v) is 3.82. The highest BCUT2D eigenvalue weighted by Gasteiger charge is 2.05. The van der Waals surface area contributed by atoms with E-state index < -0.39 is 0 Å². The molecular formula is C13H14N2O. The molecule has 0 saturated carbocycles. The summed E-state index contributed by atoms with van der Waals surface area (Å²) in [6.45, 7) is 2.63. The van der Waals surface area contributed by atoms with Gasteiger partial charge >= 0.3 is 0 Å². The average molecular weight is 214 g/mol. The zero-order valence-corrected chi connectivity index (χ0v) is 9.26. The van der Waals surface area contributed by atoms with Gasteiger partial charge in [-0.3, -0.25) is 9.48 Å². The van der Waals surface area contributed by atoms with Gasteiger partial charge in [0, 0.05) is 24.7 Å². The van der Waals surface area contributed by atoms with E-state index in [4.69, 9.17) is 0 Å². The minimum atomic E-state index is 0.161. The first-order chi connectivity index (χ1) is 7.75. The van der Waals surface area contributed by atoms with Crippen LogP contribution in [0.1, 0.15) is 22.3 Å². The van der Waals surface area contributed by atoms with E-state index in [9.17, 15) is 4.79 Å². The number of aromatic nitrogens is 2. The van der Waals surface area contributed by atoms with Crippen molar-refractivity contribution in [1.82, 2.24) is 9.78 Å². The van der Waals surface area contributed by atoms with Crippen LogP contribution in [0.25, 0.3) is 0 Å². The summed E-state index contributed by atoms with van der Waals surface area (Å²) in [7, 11) is 0. The number of hydrogen-bond acceptors (Lipinski definition) is 2. The van der Waals surface area contributed by atoms with Crippen LogP contribution in [0.3, 0.4) is 0 Å². The smallest absolute Gasteiger partial charge is 0.164 e. The summed E-state index contributed by atoms with van der Waals surface area (Å²) in [4.78, 5) is 11.8. The van der Waals surface area contributed by atoms with Gasteiger partial charge < -0.3 is 0 Å². The van der Waals surface area contributed by atoms with E-state index in [-0.39, 0.29) is 5.78 Å². The molecule has 82 valence electrons. The van der Waals surface area contributed by atoms with Crippen molar-refractivity contribution in [2.45, 2.75) is 19.9 Å².